The molecule has 0 fully saturated rings. The third kappa shape index (κ3) is 6.23. The van der Waals surface area contributed by atoms with Crippen molar-refractivity contribution in [2.24, 2.45) is 5.92 Å². The third-order valence-corrected chi connectivity index (χ3v) is 1.50. The van der Waals surface area contributed by atoms with Crippen molar-refractivity contribution in [3.8, 4) is 0 Å². The van der Waals surface area contributed by atoms with E-state index in [9.17, 15) is 0 Å². The molecule has 0 aromatic heterocycles. The quantitative estimate of drug-likeness (QED) is 0.564. The Labute approximate surface area is 80.6 Å². The van der Waals surface area contributed by atoms with Gasteiger partial charge < -0.3 is 0 Å². The standard InChI is InChI=1S/C7H7Cl.C4H10/c1-6-4-2-3-5-7(6)8;1-4(2)3/h2-5H,1H3;4H,1-3H3. The Morgan fingerprint density at radius 2 is 1.50 bits per heavy atom. The van der Waals surface area contributed by atoms with Crippen LogP contribution in [0.2, 0.25) is 5.02 Å². The van der Waals surface area contributed by atoms with Gasteiger partial charge in [-0.1, -0.05) is 50.6 Å². The summed E-state index contributed by atoms with van der Waals surface area (Å²) in [7, 11) is 0. The van der Waals surface area contributed by atoms with Crippen LogP contribution in [0.4, 0.5) is 0 Å². The van der Waals surface area contributed by atoms with Gasteiger partial charge in [-0.15, -0.1) is 0 Å². The molecule has 0 aliphatic rings. The van der Waals surface area contributed by atoms with E-state index in [0.717, 1.165) is 16.5 Å². The zero-order chi connectivity index (χ0) is 9.56. The molecule has 0 amide bonds. The Morgan fingerprint density at radius 3 is 1.75 bits per heavy atom. The van der Waals surface area contributed by atoms with Crippen molar-refractivity contribution in [1.82, 2.24) is 0 Å². The molecule has 0 saturated carbocycles. The number of benzene rings is 1. The molecule has 0 unspecified atom stereocenters. The summed E-state index contributed by atoms with van der Waals surface area (Å²) in [4.78, 5) is 0. The van der Waals surface area contributed by atoms with Crippen LogP contribution in [0.3, 0.4) is 0 Å². The summed E-state index contributed by atoms with van der Waals surface area (Å²) in [5, 5.41) is 0.840. The molecule has 0 saturated heterocycles. The lowest BCUT2D eigenvalue weighted by Gasteiger charge is -1.90. The predicted molar refractivity (Wildman–Crippen MR) is 56.7 cm³/mol. The molecular weight excluding hydrogens is 168 g/mol. The molecular formula is C11H17Cl. The molecule has 0 radical (unpaired) electrons. The van der Waals surface area contributed by atoms with Crippen LogP contribution in [-0.2, 0) is 0 Å². The molecule has 68 valence electrons. The molecule has 12 heavy (non-hydrogen) atoms. The summed E-state index contributed by atoms with van der Waals surface area (Å²) in [6.45, 7) is 8.49. The van der Waals surface area contributed by atoms with Gasteiger partial charge in [-0.25, -0.2) is 0 Å². The van der Waals surface area contributed by atoms with E-state index < -0.39 is 0 Å². The fraction of sp³-hybridized carbons (Fsp3) is 0.455. The molecule has 1 aromatic carbocycles. The van der Waals surface area contributed by atoms with Crippen LogP contribution in [0.5, 0.6) is 0 Å². The molecule has 0 atom stereocenters. The van der Waals surface area contributed by atoms with Gasteiger partial charge in [0.2, 0.25) is 0 Å². The van der Waals surface area contributed by atoms with Crippen LogP contribution >= 0.6 is 11.6 Å². The Balaban J connectivity index is 0.000000261. The SMILES string of the molecule is CC(C)C.Cc1ccccc1Cl. The summed E-state index contributed by atoms with van der Waals surface area (Å²) in [6.07, 6.45) is 0. The highest BCUT2D eigenvalue weighted by Gasteiger charge is 1.86. The Bertz CT molecular complexity index is 192. The van der Waals surface area contributed by atoms with Crippen molar-refractivity contribution >= 4 is 11.6 Å². The molecule has 0 aliphatic heterocycles. The van der Waals surface area contributed by atoms with E-state index in [2.05, 4.69) is 20.8 Å². The van der Waals surface area contributed by atoms with Crippen molar-refractivity contribution in [3.05, 3.63) is 34.9 Å². The highest BCUT2D eigenvalue weighted by atomic mass is 35.5. The van der Waals surface area contributed by atoms with Gasteiger partial charge in [0.05, 0.1) is 0 Å². The molecule has 1 aromatic rings. The van der Waals surface area contributed by atoms with Crippen LogP contribution in [0.15, 0.2) is 24.3 Å². The average molecular weight is 185 g/mol. The normalized spacial score (nSPS) is 9.17. The highest BCUT2D eigenvalue weighted by Crippen LogP contribution is 2.11. The zero-order valence-electron chi connectivity index (χ0n) is 8.26. The van der Waals surface area contributed by atoms with Crippen molar-refractivity contribution in [3.63, 3.8) is 0 Å². The lowest BCUT2D eigenvalue weighted by Crippen LogP contribution is -1.68. The van der Waals surface area contributed by atoms with Crippen molar-refractivity contribution in [1.29, 1.82) is 0 Å². The maximum absolute atomic E-state index is 5.71. The fourth-order valence-corrected chi connectivity index (χ4v) is 0.687. The van der Waals surface area contributed by atoms with Crippen LogP contribution in [0.1, 0.15) is 26.3 Å². The van der Waals surface area contributed by atoms with Gasteiger partial charge >= 0.3 is 0 Å². The minimum Gasteiger partial charge on any atom is -0.0841 e. The topological polar surface area (TPSA) is 0 Å². The monoisotopic (exact) mass is 184 g/mol. The highest BCUT2D eigenvalue weighted by molar-refractivity contribution is 6.31. The van der Waals surface area contributed by atoms with E-state index in [1.165, 1.54) is 0 Å². The third-order valence-electron chi connectivity index (χ3n) is 1.08. The van der Waals surface area contributed by atoms with E-state index in [1.54, 1.807) is 0 Å². The van der Waals surface area contributed by atoms with Crippen molar-refractivity contribution < 1.29 is 0 Å². The summed E-state index contributed by atoms with van der Waals surface area (Å²) >= 11 is 5.71. The van der Waals surface area contributed by atoms with Crippen molar-refractivity contribution in [2.75, 3.05) is 0 Å². The number of rotatable bonds is 0. The van der Waals surface area contributed by atoms with E-state index in [-0.39, 0.29) is 0 Å². The van der Waals surface area contributed by atoms with Crippen LogP contribution in [0, 0.1) is 12.8 Å². The first-order valence-corrected chi connectivity index (χ1v) is 4.63. The lowest BCUT2D eigenvalue weighted by molar-refractivity contribution is 0.737. The molecule has 1 rings (SSSR count). The molecule has 0 spiro atoms. The number of halogens is 1. The van der Waals surface area contributed by atoms with E-state index >= 15 is 0 Å². The van der Waals surface area contributed by atoms with Crippen LogP contribution in [0.25, 0.3) is 0 Å². The summed E-state index contributed by atoms with van der Waals surface area (Å²) in [5.74, 6) is 0.833. The summed E-state index contributed by atoms with van der Waals surface area (Å²) in [5.41, 5.74) is 1.13. The van der Waals surface area contributed by atoms with Gasteiger partial charge in [-0.2, -0.15) is 0 Å². The summed E-state index contributed by atoms with van der Waals surface area (Å²) in [6, 6.07) is 7.77. The number of hydrogen-bond donors (Lipinski definition) is 0. The first kappa shape index (κ1) is 11.5. The van der Waals surface area contributed by atoms with Gasteiger partial charge in [0.15, 0.2) is 0 Å². The smallest absolute Gasteiger partial charge is 0.0435 e. The van der Waals surface area contributed by atoms with E-state index in [1.807, 2.05) is 31.2 Å². The first-order valence-electron chi connectivity index (χ1n) is 4.25. The minimum atomic E-state index is 0.833. The molecule has 0 aliphatic carbocycles. The average Bonchev–Trinajstić information content (AvgIpc) is 1.94. The van der Waals surface area contributed by atoms with Crippen LogP contribution in [-0.4, -0.2) is 0 Å². The van der Waals surface area contributed by atoms with Gasteiger partial charge in [0, 0.05) is 5.02 Å². The number of aryl methyl sites for hydroxylation is 1. The molecule has 0 heterocycles. The van der Waals surface area contributed by atoms with Gasteiger partial charge in [-0.3, -0.25) is 0 Å². The molecule has 0 nitrogen and oxygen atoms in total. The van der Waals surface area contributed by atoms with Crippen LogP contribution < -0.4 is 0 Å². The Kier molecular flexibility index (Phi) is 5.83. The van der Waals surface area contributed by atoms with Crippen molar-refractivity contribution in [2.45, 2.75) is 27.7 Å². The van der Waals surface area contributed by atoms with E-state index in [4.69, 9.17) is 11.6 Å². The Morgan fingerprint density at radius 1 is 1.08 bits per heavy atom. The maximum Gasteiger partial charge on any atom is 0.0435 e. The first-order chi connectivity index (χ1) is 5.54. The largest absolute Gasteiger partial charge is 0.0841 e. The second kappa shape index (κ2) is 6.07. The molecule has 0 N–H and O–H groups in total. The Hall–Kier alpha value is -0.490. The molecule has 0 bridgehead atoms. The van der Waals surface area contributed by atoms with E-state index in [0.29, 0.717) is 0 Å². The zero-order valence-corrected chi connectivity index (χ0v) is 9.02. The lowest BCUT2D eigenvalue weighted by atomic mass is 10.2. The number of hydrogen-bond acceptors (Lipinski definition) is 0. The second-order valence-corrected chi connectivity index (χ2v) is 3.89. The predicted octanol–water partition coefficient (Wildman–Crippen LogP) is 4.31. The van der Waals surface area contributed by atoms with Gasteiger partial charge in [0.1, 0.15) is 0 Å². The summed E-state index contributed by atoms with van der Waals surface area (Å²) < 4.78 is 0. The fourth-order valence-electron chi connectivity index (χ4n) is 0.551. The van der Waals surface area contributed by atoms with Gasteiger partial charge in [0.25, 0.3) is 0 Å². The minimum absolute atomic E-state index is 0.833. The molecule has 1 heteroatoms. The van der Waals surface area contributed by atoms with Gasteiger partial charge in [-0.05, 0) is 24.5 Å². The maximum atomic E-state index is 5.71. The second-order valence-electron chi connectivity index (χ2n) is 3.48.